The van der Waals surface area contributed by atoms with Gasteiger partial charge in [-0.25, -0.2) is 0 Å². The second-order valence-corrected chi connectivity index (χ2v) is 6.33. The zero-order valence-electron chi connectivity index (χ0n) is 12.1. The maximum atomic E-state index is 6.24. The number of benzene rings is 2. The van der Waals surface area contributed by atoms with Gasteiger partial charge in [0.2, 0.25) is 0 Å². The van der Waals surface area contributed by atoms with Gasteiger partial charge in [0.15, 0.2) is 0 Å². The molecular formula is C18H19NOS. The van der Waals surface area contributed by atoms with Crippen molar-refractivity contribution in [3.63, 3.8) is 0 Å². The molecule has 2 aromatic carbocycles. The number of hydrogen-bond donors (Lipinski definition) is 1. The average Bonchev–Trinajstić information content (AvgIpc) is 2.91. The average molecular weight is 297 g/mol. The minimum atomic E-state index is -0.0628. The van der Waals surface area contributed by atoms with Crippen molar-refractivity contribution in [3.05, 3.63) is 71.5 Å². The molecule has 2 nitrogen and oxygen atoms in total. The van der Waals surface area contributed by atoms with Gasteiger partial charge in [0, 0.05) is 16.9 Å². The number of furan rings is 1. The van der Waals surface area contributed by atoms with Crippen LogP contribution in [0.15, 0.2) is 59.0 Å². The molecule has 0 aliphatic rings. The molecular weight excluding hydrogens is 278 g/mol. The van der Waals surface area contributed by atoms with Crippen molar-refractivity contribution in [2.24, 2.45) is 5.73 Å². The zero-order chi connectivity index (χ0) is 14.7. The lowest BCUT2D eigenvalue weighted by atomic mass is 10.2. The molecule has 2 N–H and O–H groups in total. The van der Waals surface area contributed by atoms with E-state index >= 15 is 0 Å². The van der Waals surface area contributed by atoms with Gasteiger partial charge in [0.05, 0.1) is 6.04 Å². The first-order valence-corrected chi connectivity index (χ1v) is 8.25. The van der Waals surface area contributed by atoms with E-state index in [2.05, 4.69) is 37.3 Å². The van der Waals surface area contributed by atoms with Gasteiger partial charge in [0.25, 0.3) is 0 Å². The summed E-state index contributed by atoms with van der Waals surface area (Å²) in [6, 6.07) is 18.6. The number of hydrogen-bond acceptors (Lipinski definition) is 3. The van der Waals surface area contributed by atoms with Gasteiger partial charge in [-0.3, -0.25) is 0 Å². The normalized spacial score (nSPS) is 12.7. The SMILES string of the molecule is Cc1cccc(CSCC(N)c2cc3ccccc3o2)c1. The van der Waals surface area contributed by atoms with Crippen LogP contribution in [0.25, 0.3) is 11.0 Å². The van der Waals surface area contributed by atoms with Crippen LogP contribution in [0.5, 0.6) is 0 Å². The Hall–Kier alpha value is -1.71. The van der Waals surface area contributed by atoms with Crippen molar-refractivity contribution in [1.82, 2.24) is 0 Å². The highest BCUT2D eigenvalue weighted by Crippen LogP contribution is 2.25. The molecule has 0 saturated carbocycles. The molecule has 0 saturated heterocycles. The van der Waals surface area contributed by atoms with Crippen molar-refractivity contribution in [2.75, 3.05) is 5.75 Å². The van der Waals surface area contributed by atoms with Crippen molar-refractivity contribution in [1.29, 1.82) is 0 Å². The third-order valence-electron chi connectivity index (χ3n) is 3.46. The van der Waals surface area contributed by atoms with Gasteiger partial charge >= 0.3 is 0 Å². The molecule has 21 heavy (non-hydrogen) atoms. The number of para-hydroxylation sites is 1. The summed E-state index contributed by atoms with van der Waals surface area (Å²) >= 11 is 1.84. The number of fused-ring (bicyclic) bond motifs is 1. The summed E-state index contributed by atoms with van der Waals surface area (Å²) in [4.78, 5) is 0. The molecule has 108 valence electrons. The first-order valence-electron chi connectivity index (χ1n) is 7.10. The second-order valence-electron chi connectivity index (χ2n) is 5.30. The highest BCUT2D eigenvalue weighted by Gasteiger charge is 2.12. The molecule has 1 aromatic heterocycles. The molecule has 1 unspecified atom stereocenters. The number of thioether (sulfide) groups is 1. The van der Waals surface area contributed by atoms with Gasteiger partial charge in [-0.05, 0) is 24.6 Å². The lowest BCUT2D eigenvalue weighted by molar-refractivity contribution is 0.516. The van der Waals surface area contributed by atoms with Gasteiger partial charge in [-0.1, -0.05) is 48.0 Å². The standard InChI is InChI=1S/C18H19NOS/c1-13-5-4-6-14(9-13)11-21-12-16(19)18-10-15-7-2-3-8-17(15)20-18/h2-10,16H,11-12,19H2,1H3. The third-order valence-corrected chi connectivity index (χ3v) is 4.59. The van der Waals surface area contributed by atoms with E-state index in [1.165, 1.54) is 11.1 Å². The molecule has 0 aliphatic carbocycles. The van der Waals surface area contributed by atoms with Crippen molar-refractivity contribution >= 4 is 22.7 Å². The quantitative estimate of drug-likeness (QED) is 0.743. The van der Waals surface area contributed by atoms with Crippen LogP contribution < -0.4 is 5.73 Å². The van der Waals surface area contributed by atoms with Crippen LogP contribution in [0.4, 0.5) is 0 Å². The molecule has 0 radical (unpaired) electrons. The Morgan fingerprint density at radius 3 is 2.76 bits per heavy atom. The lowest BCUT2D eigenvalue weighted by Crippen LogP contribution is -2.12. The molecule has 0 aliphatic heterocycles. The van der Waals surface area contributed by atoms with E-state index in [0.29, 0.717) is 0 Å². The first kappa shape index (κ1) is 14.2. The summed E-state index contributed by atoms with van der Waals surface area (Å²) in [5, 5.41) is 1.12. The highest BCUT2D eigenvalue weighted by atomic mass is 32.2. The van der Waals surface area contributed by atoms with Gasteiger partial charge in [0.1, 0.15) is 11.3 Å². The monoisotopic (exact) mass is 297 g/mol. The smallest absolute Gasteiger partial charge is 0.134 e. The Labute approximate surface area is 129 Å². The number of rotatable bonds is 5. The summed E-state index contributed by atoms with van der Waals surface area (Å²) < 4.78 is 5.81. The van der Waals surface area contributed by atoms with Crippen LogP contribution in [0.3, 0.4) is 0 Å². The van der Waals surface area contributed by atoms with Crippen LogP contribution in [0, 0.1) is 6.92 Å². The first-order chi connectivity index (χ1) is 10.2. The van der Waals surface area contributed by atoms with Crippen LogP contribution in [-0.4, -0.2) is 5.75 Å². The molecule has 1 atom stereocenters. The Bertz CT molecular complexity index is 702. The Morgan fingerprint density at radius 1 is 1.10 bits per heavy atom. The Kier molecular flexibility index (Phi) is 4.32. The minimum absolute atomic E-state index is 0.0628. The van der Waals surface area contributed by atoms with Crippen LogP contribution in [0.1, 0.15) is 22.9 Å². The van der Waals surface area contributed by atoms with Crippen molar-refractivity contribution in [3.8, 4) is 0 Å². The number of aryl methyl sites for hydroxylation is 1. The molecule has 3 heteroatoms. The van der Waals surface area contributed by atoms with E-state index in [4.69, 9.17) is 10.2 Å². The lowest BCUT2D eigenvalue weighted by Gasteiger charge is -2.08. The summed E-state index contributed by atoms with van der Waals surface area (Å²) in [6.07, 6.45) is 0. The van der Waals surface area contributed by atoms with Crippen LogP contribution in [0.2, 0.25) is 0 Å². The molecule has 0 amide bonds. The maximum absolute atomic E-state index is 6.24. The molecule has 1 heterocycles. The molecule has 3 aromatic rings. The largest absolute Gasteiger partial charge is 0.459 e. The fraction of sp³-hybridized carbons (Fsp3) is 0.222. The second kappa shape index (κ2) is 6.37. The summed E-state index contributed by atoms with van der Waals surface area (Å²) in [5.74, 6) is 2.71. The van der Waals surface area contributed by atoms with E-state index < -0.39 is 0 Å². The third kappa shape index (κ3) is 3.49. The molecule has 0 spiro atoms. The summed E-state index contributed by atoms with van der Waals surface area (Å²) in [5.41, 5.74) is 9.79. The van der Waals surface area contributed by atoms with Crippen molar-refractivity contribution < 1.29 is 4.42 Å². The predicted octanol–water partition coefficient (Wildman–Crippen LogP) is 4.67. The fourth-order valence-corrected chi connectivity index (χ4v) is 3.32. The zero-order valence-corrected chi connectivity index (χ0v) is 12.9. The van der Waals surface area contributed by atoms with E-state index in [0.717, 1.165) is 28.2 Å². The topological polar surface area (TPSA) is 39.2 Å². The van der Waals surface area contributed by atoms with E-state index in [1.807, 2.05) is 36.0 Å². The molecule has 3 rings (SSSR count). The van der Waals surface area contributed by atoms with Gasteiger partial charge < -0.3 is 10.2 Å². The predicted molar refractivity (Wildman–Crippen MR) is 90.5 cm³/mol. The minimum Gasteiger partial charge on any atom is -0.459 e. The van der Waals surface area contributed by atoms with Gasteiger partial charge in [-0.15, -0.1) is 0 Å². The van der Waals surface area contributed by atoms with Crippen molar-refractivity contribution in [2.45, 2.75) is 18.7 Å². The summed E-state index contributed by atoms with van der Waals surface area (Å²) in [7, 11) is 0. The van der Waals surface area contributed by atoms with E-state index in [1.54, 1.807) is 0 Å². The highest BCUT2D eigenvalue weighted by molar-refractivity contribution is 7.98. The fourth-order valence-electron chi connectivity index (χ4n) is 2.37. The van der Waals surface area contributed by atoms with Crippen LogP contribution in [-0.2, 0) is 5.75 Å². The van der Waals surface area contributed by atoms with Gasteiger partial charge in [-0.2, -0.15) is 11.8 Å². The maximum Gasteiger partial charge on any atom is 0.134 e. The van der Waals surface area contributed by atoms with E-state index in [-0.39, 0.29) is 6.04 Å². The van der Waals surface area contributed by atoms with E-state index in [9.17, 15) is 0 Å². The molecule has 0 fully saturated rings. The van der Waals surface area contributed by atoms with Crippen LogP contribution >= 0.6 is 11.8 Å². The Balaban J connectivity index is 1.60. The summed E-state index contributed by atoms with van der Waals surface area (Å²) in [6.45, 7) is 2.12. The Morgan fingerprint density at radius 2 is 1.95 bits per heavy atom. The molecule has 0 bridgehead atoms. The number of nitrogens with two attached hydrogens (primary N) is 1.